The van der Waals surface area contributed by atoms with Gasteiger partial charge in [0.1, 0.15) is 0 Å². The van der Waals surface area contributed by atoms with Crippen molar-refractivity contribution in [2.24, 2.45) is 0 Å². The minimum atomic E-state index is -0.578. The average Bonchev–Trinajstić information content (AvgIpc) is 2.49. The van der Waals surface area contributed by atoms with Crippen molar-refractivity contribution in [1.29, 1.82) is 0 Å². The molecule has 138 valence electrons. The lowest BCUT2D eigenvalue weighted by Gasteiger charge is -1.95. The Morgan fingerprint density at radius 1 is 0.625 bits per heavy atom. The molecule has 3 N–H and O–H groups in total. The number of aliphatic hydroxyl groups excluding tert-OH is 3. The molecule has 0 unspecified atom stereocenters. The van der Waals surface area contributed by atoms with Gasteiger partial charge in [-0.2, -0.15) is 0 Å². The molecule has 0 heterocycles. The van der Waals surface area contributed by atoms with Gasteiger partial charge in [0.2, 0.25) is 0 Å². The highest BCUT2D eigenvalue weighted by Crippen LogP contribution is 1.90. The van der Waals surface area contributed by atoms with Crippen molar-refractivity contribution in [3.63, 3.8) is 0 Å². The molecule has 0 aliphatic rings. The fourth-order valence-corrected chi connectivity index (χ4v) is 0.545. The molecule has 0 aromatic heterocycles. The Hall–Kier alpha value is -2.49. The average molecular weight is 348 g/mol. The lowest BCUT2D eigenvalue weighted by Crippen LogP contribution is -2.04. The van der Waals surface area contributed by atoms with E-state index in [1.807, 2.05) is 0 Å². The Kier molecular flexibility index (Phi) is 18.6. The maximum Gasteiger partial charge on any atom is 0.335 e. The number of carbonyl (C=O) groups excluding carboxylic acids is 3. The van der Waals surface area contributed by atoms with Gasteiger partial charge in [0, 0.05) is 16.7 Å². The van der Waals surface area contributed by atoms with Crippen LogP contribution in [-0.4, -0.2) is 53.6 Å². The van der Waals surface area contributed by atoms with Crippen LogP contribution in [0.3, 0.4) is 0 Å². The number of hydrogen-bond donors (Lipinski definition) is 3. The first-order valence-corrected chi connectivity index (χ1v) is 6.35. The Balaban J connectivity index is -0.000000276. The van der Waals surface area contributed by atoms with Crippen LogP contribution in [0.2, 0.25) is 0 Å². The van der Waals surface area contributed by atoms with E-state index in [9.17, 15) is 14.4 Å². The summed E-state index contributed by atoms with van der Waals surface area (Å²) in [5.41, 5.74) is 0.872. The van der Waals surface area contributed by atoms with Gasteiger partial charge >= 0.3 is 17.9 Å². The Labute approximate surface area is 140 Å². The molecular formula is C15H24O9. The second-order valence-electron chi connectivity index (χ2n) is 4.02. The Bertz CT molecular complexity index is 385. The molecule has 0 aliphatic heterocycles. The third-order valence-electron chi connectivity index (χ3n) is 1.63. The standard InChI is InChI=1S/3C5H8O3/c3*1-4(2)5(7)8-3-6/h3*6H,1,3H2,2H3. The van der Waals surface area contributed by atoms with E-state index in [1.165, 1.54) is 20.8 Å². The summed E-state index contributed by atoms with van der Waals surface area (Å²) in [5.74, 6) is -1.69. The summed E-state index contributed by atoms with van der Waals surface area (Å²) in [5, 5.41) is 24.0. The van der Waals surface area contributed by atoms with E-state index < -0.39 is 38.3 Å². The van der Waals surface area contributed by atoms with Gasteiger partial charge in [-0.3, -0.25) is 0 Å². The van der Waals surface area contributed by atoms with E-state index in [2.05, 4.69) is 33.9 Å². The van der Waals surface area contributed by atoms with Crippen LogP contribution in [0.1, 0.15) is 20.8 Å². The minimum absolute atomic E-state index is 0.291. The normalized spacial score (nSPS) is 8.25. The first-order chi connectivity index (χ1) is 11.0. The van der Waals surface area contributed by atoms with E-state index in [0.717, 1.165) is 0 Å². The van der Waals surface area contributed by atoms with Crippen molar-refractivity contribution < 1.29 is 43.9 Å². The predicted octanol–water partition coefficient (Wildman–Crippen LogP) is 0.166. The van der Waals surface area contributed by atoms with E-state index in [0.29, 0.717) is 16.7 Å². The third-order valence-corrected chi connectivity index (χ3v) is 1.63. The molecule has 0 radical (unpaired) electrons. The minimum Gasteiger partial charge on any atom is -0.435 e. The summed E-state index contributed by atoms with van der Waals surface area (Å²) in [7, 11) is 0. The quantitative estimate of drug-likeness (QED) is 0.265. The van der Waals surface area contributed by atoms with Crippen molar-refractivity contribution in [2.75, 3.05) is 20.4 Å². The van der Waals surface area contributed by atoms with Gasteiger partial charge in [-0.1, -0.05) is 19.7 Å². The Morgan fingerprint density at radius 2 is 0.792 bits per heavy atom. The SMILES string of the molecule is C=C(C)C(=O)OCO.C=C(C)C(=O)OCO.C=C(C)C(=O)OCO. The van der Waals surface area contributed by atoms with E-state index in [4.69, 9.17) is 15.3 Å². The van der Waals surface area contributed by atoms with Gasteiger partial charge in [0.15, 0.2) is 20.4 Å². The molecule has 0 atom stereocenters. The van der Waals surface area contributed by atoms with Crippen molar-refractivity contribution in [3.05, 3.63) is 36.5 Å². The highest BCUT2D eigenvalue weighted by Gasteiger charge is 1.99. The maximum atomic E-state index is 10.3. The molecule has 0 rings (SSSR count). The van der Waals surface area contributed by atoms with Crippen LogP contribution in [0.4, 0.5) is 0 Å². The van der Waals surface area contributed by atoms with Crippen molar-refractivity contribution in [2.45, 2.75) is 20.8 Å². The van der Waals surface area contributed by atoms with Crippen LogP contribution in [0.25, 0.3) is 0 Å². The summed E-state index contributed by atoms with van der Waals surface area (Å²) in [6.45, 7) is 12.7. The van der Waals surface area contributed by atoms with Gasteiger partial charge in [0.05, 0.1) is 0 Å². The van der Waals surface area contributed by atoms with Gasteiger partial charge in [-0.15, -0.1) is 0 Å². The lowest BCUT2D eigenvalue weighted by atomic mass is 10.4. The van der Waals surface area contributed by atoms with Crippen molar-refractivity contribution in [1.82, 2.24) is 0 Å². The maximum absolute atomic E-state index is 10.3. The molecule has 0 bridgehead atoms. The second kappa shape index (κ2) is 16.9. The molecule has 0 spiro atoms. The van der Waals surface area contributed by atoms with Gasteiger partial charge in [-0.05, 0) is 20.8 Å². The van der Waals surface area contributed by atoms with E-state index >= 15 is 0 Å². The zero-order valence-electron chi connectivity index (χ0n) is 14.0. The number of ether oxygens (including phenoxy) is 3. The van der Waals surface area contributed by atoms with Crippen LogP contribution in [0, 0.1) is 0 Å². The number of carbonyl (C=O) groups is 3. The van der Waals surface area contributed by atoms with Crippen LogP contribution in [0.15, 0.2) is 36.5 Å². The highest BCUT2D eigenvalue weighted by atomic mass is 16.6. The molecule has 0 aromatic rings. The lowest BCUT2D eigenvalue weighted by molar-refractivity contribution is -0.147. The van der Waals surface area contributed by atoms with Crippen LogP contribution < -0.4 is 0 Å². The van der Waals surface area contributed by atoms with E-state index in [1.54, 1.807) is 0 Å². The molecule has 0 saturated heterocycles. The van der Waals surface area contributed by atoms with Gasteiger partial charge in [-0.25, -0.2) is 14.4 Å². The largest absolute Gasteiger partial charge is 0.435 e. The first kappa shape index (κ1) is 26.4. The van der Waals surface area contributed by atoms with Crippen LogP contribution >= 0.6 is 0 Å². The number of esters is 3. The van der Waals surface area contributed by atoms with Crippen molar-refractivity contribution in [3.8, 4) is 0 Å². The summed E-state index contributed by atoms with van der Waals surface area (Å²) in [6.07, 6.45) is 0. The summed E-state index contributed by atoms with van der Waals surface area (Å²) < 4.78 is 12.4. The molecule has 0 aromatic carbocycles. The van der Waals surface area contributed by atoms with Crippen molar-refractivity contribution >= 4 is 17.9 Å². The molecule has 0 aliphatic carbocycles. The number of aliphatic hydroxyl groups is 3. The molecular weight excluding hydrogens is 324 g/mol. The summed E-state index contributed by atoms with van der Waals surface area (Å²) in [4.78, 5) is 30.8. The summed E-state index contributed by atoms with van der Waals surface area (Å²) in [6, 6.07) is 0. The highest BCUT2D eigenvalue weighted by molar-refractivity contribution is 5.87. The monoisotopic (exact) mass is 348 g/mol. The molecule has 0 saturated carbocycles. The van der Waals surface area contributed by atoms with Gasteiger partial charge in [0.25, 0.3) is 0 Å². The van der Waals surface area contributed by atoms with E-state index in [-0.39, 0.29) is 0 Å². The molecule has 9 heteroatoms. The second-order valence-corrected chi connectivity index (χ2v) is 4.02. The third kappa shape index (κ3) is 19.5. The van der Waals surface area contributed by atoms with Crippen LogP contribution in [0.5, 0.6) is 0 Å². The molecule has 0 fully saturated rings. The topological polar surface area (TPSA) is 140 Å². The predicted molar refractivity (Wildman–Crippen MR) is 84.0 cm³/mol. The smallest absolute Gasteiger partial charge is 0.335 e. The van der Waals surface area contributed by atoms with Gasteiger partial charge < -0.3 is 29.5 Å². The summed E-state index contributed by atoms with van der Waals surface area (Å²) >= 11 is 0. The number of hydrogen-bond acceptors (Lipinski definition) is 9. The van der Waals surface area contributed by atoms with Crippen LogP contribution in [-0.2, 0) is 28.6 Å². The fraction of sp³-hybridized carbons (Fsp3) is 0.400. The zero-order valence-corrected chi connectivity index (χ0v) is 14.0. The zero-order chi connectivity index (χ0) is 19.7. The molecule has 0 amide bonds. The number of rotatable bonds is 6. The Morgan fingerprint density at radius 3 is 0.833 bits per heavy atom. The molecule has 9 nitrogen and oxygen atoms in total. The fourth-order valence-electron chi connectivity index (χ4n) is 0.545. The molecule has 24 heavy (non-hydrogen) atoms. The first-order valence-electron chi connectivity index (χ1n) is 6.35.